The van der Waals surface area contributed by atoms with Gasteiger partial charge in [-0.3, -0.25) is 14.7 Å². The highest BCUT2D eigenvalue weighted by Crippen LogP contribution is 2.19. The van der Waals surface area contributed by atoms with Crippen molar-refractivity contribution in [2.75, 3.05) is 19.6 Å². The molecule has 2 rings (SSSR count). The average Bonchev–Trinajstić information content (AvgIpc) is 2.60. The van der Waals surface area contributed by atoms with E-state index in [9.17, 15) is 4.79 Å². The van der Waals surface area contributed by atoms with Crippen molar-refractivity contribution in [2.45, 2.75) is 33.7 Å². The maximum atomic E-state index is 12.2. The van der Waals surface area contributed by atoms with Gasteiger partial charge in [0.05, 0.1) is 12.6 Å². The summed E-state index contributed by atoms with van der Waals surface area (Å²) in [6.45, 7) is 10.1. The molecule has 0 saturated heterocycles. The van der Waals surface area contributed by atoms with Crippen LogP contribution in [0.25, 0.3) is 11.4 Å². The second-order valence-corrected chi connectivity index (χ2v) is 5.72. The topological polar surface area (TPSA) is 71.0 Å². The van der Waals surface area contributed by atoms with E-state index in [4.69, 9.17) is 0 Å². The van der Waals surface area contributed by atoms with Crippen LogP contribution in [0.1, 0.15) is 38.1 Å². The molecule has 0 radical (unpaired) electrons. The van der Waals surface area contributed by atoms with Crippen LogP contribution in [-0.2, 0) is 4.79 Å². The van der Waals surface area contributed by atoms with Crippen molar-refractivity contribution in [3.63, 3.8) is 0 Å². The van der Waals surface area contributed by atoms with E-state index in [0.717, 1.165) is 29.9 Å². The zero-order chi connectivity index (χ0) is 17.5. The van der Waals surface area contributed by atoms with Gasteiger partial charge in [0.15, 0.2) is 5.82 Å². The lowest BCUT2D eigenvalue weighted by Crippen LogP contribution is -2.38. The Kier molecular flexibility index (Phi) is 6.37. The van der Waals surface area contributed by atoms with E-state index < -0.39 is 0 Å². The molecule has 0 spiro atoms. The molecular weight excluding hydrogens is 302 g/mol. The molecule has 0 unspecified atom stereocenters. The molecule has 0 aliphatic heterocycles. The van der Waals surface area contributed by atoms with Crippen LogP contribution in [0.4, 0.5) is 0 Å². The van der Waals surface area contributed by atoms with Gasteiger partial charge in [0.2, 0.25) is 5.91 Å². The smallest absolute Gasteiger partial charge is 0.234 e. The van der Waals surface area contributed by atoms with Crippen LogP contribution in [-0.4, -0.2) is 45.4 Å². The summed E-state index contributed by atoms with van der Waals surface area (Å²) in [7, 11) is 0. The molecule has 6 nitrogen and oxygen atoms in total. The van der Waals surface area contributed by atoms with E-state index in [1.807, 2.05) is 26.0 Å². The molecule has 128 valence electrons. The number of hydrogen-bond donors (Lipinski definition) is 1. The molecule has 0 aliphatic carbocycles. The first-order chi connectivity index (χ1) is 11.5. The molecule has 2 aromatic heterocycles. The maximum Gasteiger partial charge on any atom is 0.234 e. The van der Waals surface area contributed by atoms with Gasteiger partial charge in [-0.2, -0.15) is 0 Å². The number of nitrogens with one attached hydrogen (secondary N) is 1. The molecule has 2 heterocycles. The predicted octanol–water partition coefficient (Wildman–Crippen LogP) is 2.37. The predicted molar refractivity (Wildman–Crippen MR) is 94.3 cm³/mol. The van der Waals surface area contributed by atoms with Crippen molar-refractivity contribution in [3.05, 3.63) is 42.0 Å². The Morgan fingerprint density at radius 3 is 2.50 bits per heavy atom. The van der Waals surface area contributed by atoms with Gasteiger partial charge in [0.1, 0.15) is 0 Å². The number of rotatable bonds is 7. The minimum absolute atomic E-state index is 0.0174. The highest BCUT2D eigenvalue weighted by atomic mass is 16.2. The lowest BCUT2D eigenvalue weighted by atomic mass is 10.1. The van der Waals surface area contributed by atoms with E-state index in [1.165, 1.54) is 0 Å². The van der Waals surface area contributed by atoms with Gasteiger partial charge in [0.25, 0.3) is 0 Å². The number of carbonyl (C=O) groups excluding carboxylic acids is 1. The summed E-state index contributed by atoms with van der Waals surface area (Å²) < 4.78 is 0. The zero-order valence-electron chi connectivity index (χ0n) is 14.8. The van der Waals surface area contributed by atoms with E-state index in [2.05, 4.69) is 39.0 Å². The van der Waals surface area contributed by atoms with Crippen LogP contribution in [0.3, 0.4) is 0 Å². The molecular formula is C18H25N5O. The number of carbonyl (C=O) groups is 1. The first-order valence-electron chi connectivity index (χ1n) is 8.30. The number of pyridine rings is 1. The monoisotopic (exact) mass is 327 g/mol. The van der Waals surface area contributed by atoms with E-state index in [1.54, 1.807) is 18.6 Å². The number of hydrogen-bond acceptors (Lipinski definition) is 5. The minimum atomic E-state index is -0.125. The lowest BCUT2D eigenvalue weighted by molar-refractivity contribution is -0.122. The fourth-order valence-electron chi connectivity index (χ4n) is 2.56. The van der Waals surface area contributed by atoms with E-state index in [-0.39, 0.29) is 11.9 Å². The van der Waals surface area contributed by atoms with Crippen molar-refractivity contribution in [1.29, 1.82) is 0 Å². The van der Waals surface area contributed by atoms with Gasteiger partial charge in [-0.05, 0) is 39.1 Å². The highest BCUT2D eigenvalue weighted by molar-refractivity contribution is 5.78. The standard InChI is InChI=1S/C18H25N5O/c1-5-23(6-2)12-17(24)21-13(3)16-11-20-18(22-14(16)4)15-7-9-19-10-8-15/h7-11,13H,5-6,12H2,1-4H3,(H,21,24)/t13-/m0/s1. The second kappa shape index (κ2) is 8.49. The molecule has 24 heavy (non-hydrogen) atoms. The zero-order valence-corrected chi connectivity index (χ0v) is 14.8. The third kappa shape index (κ3) is 4.58. The van der Waals surface area contributed by atoms with Crippen LogP contribution in [0.2, 0.25) is 0 Å². The molecule has 1 amide bonds. The summed E-state index contributed by atoms with van der Waals surface area (Å²) in [5.41, 5.74) is 2.73. The molecule has 0 bridgehead atoms. The van der Waals surface area contributed by atoms with Gasteiger partial charge in [-0.15, -0.1) is 0 Å². The molecule has 0 fully saturated rings. The average molecular weight is 327 g/mol. The van der Waals surface area contributed by atoms with Crippen LogP contribution < -0.4 is 5.32 Å². The van der Waals surface area contributed by atoms with Crippen molar-refractivity contribution < 1.29 is 4.79 Å². The summed E-state index contributed by atoms with van der Waals surface area (Å²) >= 11 is 0. The fourth-order valence-corrected chi connectivity index (χ4v) is 2.56. The summed E-state index contributed by atoms with van der Waals surface area (Å²) in [6, 6.07) is 3.63. The Labute approximate surface area is 143 Å². The summed E-state index contributed by atoms with van der Waals surface area (Å²) in [4.78, 5) is 27.2. The molecule has 6 heteroatoms. The summed E-state index contributed by atoms with van der Waals surface area (Å²) in [6.07, 6.45) is 5.23. The Morgan fingerprint density at radius 1 is 1.25 bits per heavy atom. The van der Waals surface area contributed by atoms with Crippen LogP contribution in [0.15, 0.2) is 30.7 Å². The minimum Gasteiger partial charge on any atom is -0.348 e. The van der Waals surface area contributed by atoms with Crippen molar-refractivity contribution in [3.8, 4) is 11.4 Å². The molecule has 0 aromatic carbocycles. The van der Waals surface area contributed by atoms with Gasteiger partial charge in [-0.25, -0.2) is 9.97 Å². The summed E-state index contributed by atoms with van der Waals surface area (Å²) in [5.74, 6) is 0.684. The van der Waals surface area contributed by atoms with Gasteiger partial charge in [-0.1, -0.05) is 13.8 Å². The van der Waals surface area contributed by atoms with E-state index in [0.29, 0.717) is 12.4 Å². The number of aryl methyl sites for hydroxylation is 1. The van der Waals surface area contributed by atoms with Crippen molar-refractivity contribution in [2.24, 2.45) is 0 Å². The Hall–Kier alpha value is -2.34. The van der Waals surface area contributed by atoms with Crippen LogP contribution in [0.5, 0.6) is 0 Å². The van der Waals surface area contributed by atoms with Crippen molar-refractivity contribution in [1.82, 2.24) is 25.2 Å². The first kappa shape index (κ1) is 18.0. The largest absolute Gasteiger partial charge is 0.348 e. The quantitative estimate of drug-likeness (QED) is 0.845. The van der Waals surface area contributed by atoms with Gasteiger partial charge >= 0.3 is 0 Å². The normalized spacial score (nSPS) is 12.2. The van der Waals surface area contributed by atoms with Crippen molar-refractivity contribution >= 4 is 5.91 Å². The third-order valence-electron chi connectivity index (χ3n) is 4.06. The molecule has 0 aliphatic rings. The Morgan fingerprint density at radius 2 is 1.92 bits per heavy atom. The number of nitrogens with zero attached hydrogens (tertiary/aromatic N) is 4. The number of amides is 1. The van der Waals surface area contributed by atoms with Gasteiger partial charge in [0, 0.05) is 35.4 Å². The molecule has 1 atom stereocenters. The van der Waals surface area contributed by atoms with Crippen LogP contribution in [0, 0.1) is 6.92 Å². The second-order valence-electron chi connectivity index (χ2n) is 5.72. The SMILES string of the molecule is CCN(CC)CC(=O)N[C@@H](C)c1cnc(-c2ccncc2)nc1C. The lowest BCUT2D eigenvalue weighted by Gasteiger charge is -2.20. The third-order valence-corrected chi connectivity index (χ3v) is 4.06. The summed E-state index contributed by atoms with van der Waals surface area (Å²) in [5, 5.41) is 3.02. The Balaban J connectivity index is 2.07. The number of likely N-dealkylation sites (N-methyl/N-ethyl adjacent to an activating group) is 1. The molecule has 0 saturated carbocycles. The fraction of sp³-hybridized carbons (Fsp3) is 0.444. The Bertz CT molecular complexity index is 670. The maximum absolute atomic E-state index is 12.2. The highest BCUT2D eigenvalue weighted by Gasteiger charge is 2.15. The molecule has 2 aromatic rings. The van der Waals surface area contributed by atoms with Gasteiger partial charge < -0.3 is 5.32 Å². The molecule has 1 N–H and O–H groups in total. The first-order valence-corrected chi connectivity index (χ1v) is 8.30. The van der Waals surface area contributed by atoms with E-state index >= 15 is 0 Å². The van der Waals surface area contributed by atoms with Crippen LogP contribution >= 0.6 is 0 Å². The number of aromatic nitrogens is 3.